The number of hydrogen-bond acceptors (Lipinski definition) is 3. The van der Waals surface area contributed by atoms with Gasteiger partial charge in [-0.2, -0.15) is 0 Å². The second-order valence-corrected chi connectivity index (χ2v) is 13.5. The largest absolute Gasteiger partial charge is 0.310 e. The van der Waals surface area contributed by atoms with E-state index in [2.05, 4.69) is 137 Å². The number of para-hydroxylation sites is 2. The lowest BCUT2D eigenvalue weighted by molar-refractivity contribution is 1.01. The van der Waals surface area contributed by atoms with Gasteiger partial charge < -0.3 is 4.57 Å². The molecule has 4 aromatic heterocycles. The third-order valence-corrected chi connectivity index (χ3v) is 10.6. The molecule has 6 aromatic carbocycles. The zero-order valence-corrected chi connectivity index (χ0v) is 28.2. The monoisotopic (exact) mass is 665 g/mol. The van der Waals surface area contributed by atoms with Crippen LogP contribution >= 0.6 is 0 Å². The van der Waals surface area contributed by atoms with E-state index < -0.39 is 0 Å². The quantitative estimate of drug-likeness (QED) is 0.188. The van der Waals surface area contributed by atoms with Crippen LogP contribution in [0.1, 0.15) is 12.8 Å². The summed E-state index contributed by atoms with van der Waals surface area (Å²) in [4.78, 5) is 15.0. The third kappa shape index (κ3) is 4.26. The van der Waals surface area contributed by atoms with E-state index in [1.807, 2.05) is 36.5 Å². The van der Waals surface area contributed by atoms with Gasteiger partial charge in [-0.05, 0) is 83.3 Å². The van der Waals surface area contributed by atoms with Crippen LogP contribution < -0.4 is 0 Å². The average molecular weight is 666 g/mol. The van der Waals surface area contributed by atoms with E-state index in [1.54, 1.807) is 0 Å². The van der Waals surface area contributed by atoms with Crippen LogP contribution in [0.2, 0.25) is 0 Å². The van der Waals surface area contributed by atoms with Crippen molar-refractivity contribution in [2.24, 2.45) is 0 Å². The first-order chi connectivity index (χ1) is 25.8. The molecule has 4 heterocycles. The van der Waals surface area contributed by atoms with Crippen molar-refractivity contribution in [3.63, 3.8) is 0 Å². The molecule has 0 unspecified atom stereocenters. The van der Waals surface area contributed by atoms with Gasteiger partial charge in [0.1, 0.15) is 11.2 Å². The Balaban J connectivity index is 1.19. The lowest BCUT2D eigenvalue weighted by Gasteiger charge is -2.14. The maximum absolute atomic E-state index is 5.22. The number of allylic oxidation sites excluding steroid dienone is 4. The van der Waals surface area contributed by atoms with Crippen molar-refractivity contribution in [3.05, 3.63) is 164 Å². The second kappa shape index (κ2) is 11.3. The predicted molar refractivity (Wildman–Crippen MR) is 216 cm³/mol. The highest BCUT2D eigenvalue weighted by molar-refractivity contribution is 6.25. The zero-order valence-electron chi connectivity index (χ0n) is 28.2. The lowest BCUT2D eigenvalue weighted by Crippen LogP contribution is -2.04. The van der Waals surface area contributed by atoms with E-state index in [1.165, 1.54) is 49.4 Å². The summed E-state index contributed by atoms with van der Waals surface area (Å²) in [5, 5.41) is 7.40. The number of aromatic nitrogens is 5. The molecule has 0 aliphatic heterocycles. The summed E-state index contributed by atoms with van der Waals surface area (Å²) in [7, 11) is 0. The van der Waals surface area contributed by atoms with Gasteiger partial charge in [0.2, 0.25) is 5.95 Å². The first kappa shape index (κ1) is 28.9. The Morgan fingerprint density at radius 3 is 2.06 bits per heavy atom. The number of hydrogen-bond donors (Lipinski definition) is 0. The van der Waals surface area contributed by atoms with Gasteiger partial charge in [-0.1, -0.05) is 109 Å². The highest BCUT2D eigenvalue weighted by Gasteiger charge is 2.21. The Kier molecular flexibility index (Phi) is 6.31. The molecular weight excluding hydrogens is 635 g/mol. The molecule has 1 aliphatic rings. The Bertz CT molecular complexity index is 3130. The summed E-state index contributed by atoms with van der Waals surface area (Å²) in [5.74, 6) is 0.628. The van der Waals surface area contributed by atoms with Crippen LogP contribution in [-0.4, -0.2) is 24.1 Å². The number of rotatable bonds is 4. The lowest BCUT2D eigenvalue weighted by atomic mass is 9.94. The van der Waals surface area contributed by atoms with Crippen molar-refractivity contribution in [2.75, 3.05) is 0 Å². The number of pyridine rings is 1. The highest BCUT2D eigenvalue weighted by Crippen LogP contribution is 2.43. The van der Waals surface area contributed by atoms with Gasteiger partial charge in [0, 0.05) is 39.0 Å². The molecule has 5 nitrogen and oxygen atoms in total. The minimum atomic E-state index is 0.628. The molecule has 1 aliphatic carbocycles. The Labute approximate surface area is 299 Å². The first-order valence-electron chi connectivity index (χ1n) is 17.9. The van der Waals surface area contributed by atoms with Crippen molar-refractivity contribution < 1.29 is 0 Å². The van der Waals surface area contributed by atoms with Crippen molar-refractivity contribution in [3.8, 4) is 28.3 Å². The topological polar surface area (TPSA) is 48.5 Å². The maximum Gasteiger partial charge on any atom is 0.235 e. The van der Waals surface area contributed by atoms with Crippen LogP contribution in [0.4, 0.5) is 0 Å². The Morgan fingerprint density at radius 2 is 1.23 bits per heavy atom. The van der Waals surface area contributed by atoms with Crippen LogP contribution in [0.25, 0.3) is 99.4 Å². The molecule has 5 heteroatoms. The van der Waals surface area contributed by atoms with Gasteiger partial charge in [0.05, 0.1) is 27.6 Å². The molecule has 0 N–H and O–H groups in total. The molecule has 0 saturated heterocycles. The van der Waals surface area contributed by atoms with Crippen LogP contribution in [0.3, 0.4) is 0 Å². The van der Waals surface area contributed by atoms with Crippen molar-refractivity contribution in [2.45, 2.75) is 12.8 Å². The first-order valence-corrected chi connectivity index (χ1v) is 17.9. The molecule has 0 radical (unpaired) electrons. The van der Waals surface area contributed by atoms with E-state index in [4.69, 9.17) is 15.0 Å². The van der Waals surface area contributed by atoms with Crippen molar-refractivity contribution >= 4 is 71.1 Å². The van der Waals surface area contributed by atoms with Crippen molar-refractivity contribution in [1.29, 1.82) is 0 Å². The summed E-state index contributed by atoms with van der Waals surface area (Å²) in [6.07, 6.45) is 10.9. The Hall–Kier alpha value is -6.85. The molecular formula is C47H31N5. The van der Waals surface area contributed by atoms with Crippen LogP contribution in [0.15, 0.2) is 164 Å². The average Bonchev–Trinajstić information content (AvgIpc) is 3.73. The van der Waals surface area contributed by atoms with Crippen molar-refractivity contribution in [1.82, 2.24) is 24.1 Å². The van der Waals surface area contributed by atoms with Gasteiger partial charge in [-0.25, -0.2) is 9.97 Å². The van der Waals surface area contributed by atoms with Gasteiger partial charge in [0.25, 0.3) is 0 Å². The number of benzene rings is 6. The van der Waals surface area contributed by atoms with Crippen LogP contribution in [-0.2, 0) is 0 Å². The smallest absolute Gasteiger partial charge is 0.235 e. The third-order valence-electron chi connectivity index (χ3n) is 10.6. The fourth-order valence-electron chi connectivity index (χ4n) is 8.32. The van der Waals surface area contributed by atoms with E-state index >= 15 is 0 Å². The summed E-state index contributed by atoms with van der Waals surface area (Å²) in [5.41, 5.74) is 11.6. The van der Waals surface area contributed by atoms with E-state index in [0.29, 0.717) is 5.95 Å². The maximum atomic E-state index is 5.22. The predicted octanol–water partition coefficient (Wildman–Crippen LogP) is 11.9. The van der Waals surface area contributed by atoms with Gasteiger partial charge in [-0.3, -0.25) is 9.55 Å². The zero-order chi connectivity index (χ0) is 34.2. The molecule has 10 aromatic rings. The van der Waals surface area contributed by atoms with E-state index in [-0.39, 0.29) is 0 Å². The fourth-order valence-corrected chi connectivity index (χ4v) is 8.32. The highest BCUT2D eigenvalue weighted by atomic mass is 15.2. The molecule has 52 heavy (non-hydrogen) atoms. The summed E-state index contributed by atoms with van der Waals surface area (Å²) < 4.78 is 4.66. The van der Waals surface area contributed by atoms with E-state index in [0.717, 1.165) is 56.9 Å². The molecule has 11 rings (SSSR count). The summed E-state index contributed by atoms with van der Waals surface area (Å²) >= 11 is 0. The molecule has 0 spiro atoms. The minimum Gasteiger partial charge on any atom is -0.310 e. The molecule has 0 atom stereocenters. The Morgan fingerprint density at radius 1 is 0.500 bits per heavy atom. The van der Waals surface area contributed by atoms with Crippen LogP contribution in [0, 0.1) is 0 Å². The number of nitrogens with zero attached hydrogens (tertiary/aromatic N) is 5. The molecule has 0 saturated carbocycles. The van der Waals surface area contributed by atoms with Crippen LogP contribution in [0.5, 0.6) is 0 Å². The van der Waals surface area contributed by atoms with Gasteiger partial charge >= 0.3 is 0 Å². The van der Waals surface area contributed by atoms with E-state index in [9.17, 15) is 0 Å². The summed E-state index contributed by atoms with van der Waals surface area (Å²) in [6, 6.07) is 49.8. The molecule has 244 valence electrons. The standard InChI is InChI=1S/C47H31N5/c1-3-14-30(15-4-1)45-46-39(22-13-27-48-46)49-47(50-45)52-40-23-11-9-19-34(40)38-28-31(25-26-42(38)52)37-29-43-44(35-20-8-7-18-33(35)37)36-21-10-12-24-41(36)51(43)32-16-5-2-6-17-32/h1,3-5,7-29H,2,6H2. The fraction of sp³-hybridized carbons (Fsp3) is 0.0426. The second-order valence-electron chi connectivity index (χ2n) is 13.5. The normalized spacial score (nSPS) is 13.3. The number of fused-ring (bicyclic) bond motifs is 9. The van der Waals surface area contributed by atoms with Gasteiger partial charge in [0.15, 0.2) is 0 Å². The summed E-state index contributed by atoms with van der Waals surface area (Å²) in [6.45, 7) is 0. The molecule has 0 bridgehead atoms. The molecule has 0 fully saturated rings. The van der Waals surface area contributed by atoms with Gasteiger partial charge in [-0.15, -0.1) is 0 Å². The minimum absolute atomic E-state index is 0.628. The SMILES string of the molecule is C1=CC(n2c3ccccc3c3c4ccccc4c(-c4ccc5c(c4)c4ccccc4n5-c4nc(-c5ccccc5)c5ncccc5n4)cc32)=CCC1. The molecule has 0 amide bonds.